The topological polar surface area (TPSA) is 50.9 Å². The average Bonchev–Trinajstić information content (AvgIpc) is 2.60. The molecule has 4 heteroatoms. The largest absolute Gasteiger partial charge is 0.375 e. The molecule has 66 valence electrons. The van der Waals surface area contributed by atoms with Gasteiger partial charge in [-0.15, -0.1) is 11.3 Å². The SMILES string of the molecule is CC1(NCc2cnc(N)s2)CC1. The fourth-order valence-electron chi connectivity index (χ4n) is 1.07. The first-order chi connectivity index (χ1) is 5.68. The predicted molar refractivity (Wildman–Crippen MR) is 51.0 cm³/mol. The first kappa shape index (κ1) is 8.01. The van der Waals surface area contributed by atoms with Crippen LogP contribution in [0.1, 0.15) is 24.6 Å². The molecule has 2 rings (SSSR count). The fourth-order valence-corrected chi connectivity index (χ4v) is 1.69. The second kappa shape index (κ2) is 2.71. The van der Waals surface area contributed by atoms with Crippen LogP contribution in [0.15, 0.2) is 6.20 Å². The zero-order valence-corrected chi connectivity index (χ0v) is 7.95. The standard InChI is InChI=1S/C8H13N3S/c1-8(2-3-8)11-5-6-4-10-7(9)12-6/h4,11H,2-3,5H2,1H3,(H2,9,10). The molecule has 1 aromatic heterocycles. The van der Waals surface area contributed by atoms with Crippen molar-refractivity contribution in [3.05, 3.63) is 11.1 Å². The van der Waals surface area contributed by atoms with Gasteiger partial charge < -0.3 is 11.1 Å². The Morgan fingerprint density at radius 1 is 1.75 bits per heavy atom. The lowest BCUT2D eigenvalue weighted by Gasteiger charge is -2.08. The van der Waals surface area contributed by atoms with Crippen LogP contribution in [0, 0.1) is 0 Å². The number of thiazole rings is 1. The lowest BCUT2D eigenvalue weighted by molar-refractivity contribution is 0.541. The third-order valence-corrected chi connectivity index (χ3v) is 3.09. The van der Waals surface area contributed by atoms with Crippen LogP contribution in [0.5, 0.6) is 0 Å². The molecule has 0 unspecified atom stereocenters. The van der Waals surface area contributed by atoms with E-state index >= 15 is 0 Å². The van der Waals surface area contributed by atoms with Crippen LogP contribution in [0.2, 0.25) is 0 Å². The van der Waals surface area contributed by atoms with Gasteiger partial charge >= 0.3 is 0 Å². The lowest BCUT2D eigenvalue weighted by atomic mass is 10.3. The summed E-state index contributed by atoms with van der Waals surface area (Å²) < 4.78 is 0. The molecule has 12 heavy (non-hydrogen) atoms. The van der Waals surface area contributed by atoms with Crippen LogP contribution >= 0.6 is 11.3 Å². The van der Waals surface area contributed by atoms with Crippen LogP contribution in [-0.4, -0.2) is 10.5 Å². The highest BCUT2D eigenvalue weighted by molar-refractivity contribution is 7.15. The van der Waals surface area contributed by atoms with Crippen molar-refractivity contribution in [3.8, 4) is 0 Å². The molecule has 1 aromatic rings. The quantitative estimate of drug-likeness (QED) is 0.744. The number of nitrogens with two attached hydrogens (primary N) is 1. The third kappa shape index (κ3) is 1.76. The van der Waals surface area contributed by atoms with Crippen LogP contribution in [-0.2, 0) is 6.54 Å². The minimum atomic E-state index is 0.402. The Labute approximate surface area is 76.0 Å². The summed E-state index contributed by atoms with van der Waals surface area (Å²) in [4.78, 5) is 5.22. The van der Waals surface area contributed by atoms with Crippen LogP contribution in [0.25, 0.3) is 0 Å². The molecule has 0 spiro atoms. The Balaban J connectivity index is 1.87. The van der Waals surface area contributed by atoms with Crippen molar-refractivity contribution in [1.29, 1.82) is 0 Å². The minimum absolute atomic E-state index is 0.402. The van der Waals surface area contributed by atoms with Crippen molar-refractivity contribution in [2.75, 3.05) is 5.73 Å². The van der Waals surface area contributed by atoms with Gasteiger partial charge in [0.2, 0.25) is 0 Å². The van der Waals surface area contributed by atoms with E-state index in [9.17, 15) is 0 Å². The summed E-state index contributed by atoms with van der Waals surface area (Å²) >= 11 is 1.56. The second-order valence-corrected chi connectivity index (χ2v) is 4.73. The molecule has 1 saturated carbocycles. The van der Waals surface area contributed by atoms with Crippen molar-refractivity contribution in [2.24, 2.45) is 0 Å². The molecule has 0 amide bonds. The minimum Gasteiger partial charge on any atom is -0.375 e. The molecule has 0 atom stereocenters. The summed E-state index contributed by atoms with van der Waals surface area (Å²) in [5, 5.41) is 4.14. The molecular formula is C8H13N3S. The number of rotatable bonds is 3. The number of nitrogens with one attached hydrogen (secondary N) is 1. The number of hydrogen-bond acceptors (Lipinski definition) is 4. The molecule has 0 radical (unpaired) electrons. The monoisotopic (exact) mass is 183 g/mol. The third-order valence-electron chi connectivity index (χ3n) is 2.26. The second-order valence-electron chi connectivity index (χ2n) is 3.58. The molecular weight excluding hydrogens is 170 g/mol. The molecule has 3 nitrogen and oxygen atoms in total. The number of nitrogen functional groups attached to an aromatic ring is 1. The summed E-state index contributed by atoms with van der Waals surface area (Å²) in [5.41, 5.74) is 5.91. The van der Waals surface area contributed by atoms with Gasteiger partial charge in [0.05, 0.1) is 0 Å². The molecule has 1 aliphatic rings. The normalized spacial score (nSPS) is 19.4. The van der Waals surface area contributed by atoms with Gasteiger partial charge in [-0.05, 0) is 19.8 Å². The Bertz CT molecular complexity index is 278. The Kier molecular flexibility index (Phi) is 1.81. The van der Waals surface area contributed by atoms with Gasteiger partial charge in [-0.25, -0.2) is 4.98 Å². The van der Waals surface area contributed by atoms with E-state index in [2.05, 4.69) is 17.2 Å². The first-order valence-corrected chi connectivity index (χ1v) is 4.95. The van der Waals surface area contributed by atoms with E-state index in [0.29, 0.717) is 10.7 Å². The van der Waals surface area contributed by atoms with Crippen molar-refractivity contribution in [1.82, 2.24) is 10.3 Å². The van der Waals surface area contributed by atoms with Crippen LogP contribution in [0.3, 0.4) is 0 Å². The van der Waals surface area contributed by atoms with E-state index in [0.717, 1.165) is 6.54 Å². The smallest absolute Gasteiger partial charge is 0.180 e. The summed E-state index contributed by atoms with van der Waals surface area (Å²) in [6, 6.07) is 0. The van der Waals surface area contributed by atoms with E-state index < -0.39 is 0 Å². The average molecular weight is 183 g/mol. The number of hydrogen-bond donors (Lipinski definition) is 2. The summed E-state index contributed by atoms with van der Waals surface area (Å²) in [6.07, 6.45) is 4.43. The maximum absolute atomic E-state index is 5.51. The summed E-state index contributed by atoms with van der Waals surface area (Å²) in [5.74, 6) is 0. The highest BCUT2D eigenvalue weighted by Crippen LogP contribution is 2.34. The summed E-state index contributed by atoms with van der Waals surface area (Å²) in [7, 11) is 0. The Morgan fingerprint density at radius 3 is 3.00 bits per heavy atom. The van der Waals surface area contributed by atoms with Gasteiger partial charge in [-0.1, -0.05) is 0 Å². The molecule has 0 aliphatic heterocycles. The van der Waals surface area contributed by atoms with Gasteiger partial charge in [0.25, 0.3) is 0 Å². The maximum atomic E-state index is 5.51. The molecule has 1 fully saturated rings. The predicted octanol–water partition coefficient (Wildman–Crippen LogP) is 1.37. The van der Waals surface area contributed by atoms with E-state index in [-0.39, 0.29) is 0 Å². The van der Waals surface area contributed by atoms with Gasteiger partial charge in [-0.2, -0.15) is 0 Å². The maximum Gasteiger partial charge on any atom is 0.180 e. The van der Waals surface area contributed by atoms with Crippen molar-refractivity contribution >= 4 is 16.5 Å². The number of aromatic nitrogens is 1. The zero-order chi connectivity index (χ0) is 8.60. The Hall–Kier alpha value is -0.610. The zero-order valence-electron chi connectivity index (χ0n) is 7.13. The first-order valence-electron chi connectivity index (χ1n) is 4.13. The lowest BCUT2D eigenvalue weighted by Crippen LogP contribution is -2.26. The molecule has 0 bridgehead atoms. The number of nitrogens with zero attached hydrogens (tertiary/aromatic N) is 1. The van der Waals surface area contributed by atoms with Crippen LogP contribution in [0.4, 0.5) is 5.13 Å². The van der Waals surface area contributed by atoms with E-state index in [1.165, 1.54) is 17.7 Å². The van der Waals surface area contributed by atoms with E-state index in [1.807, 2.05) is 6.20 Å². The molecule has 1 heterocycles. The van der Waals surface area contributed by atoms with Crippen molar-refractivity contribution in [3.63, 3.8) is 0 Å². The van der Waals surface area contributed by atoms with Gasteiger partial charge in [0.15, 0.2) is 5.13 Å². The summed E-state index contributed by atoms with van der Waals surface area (Å²) in [6.45, 7) is 3.16. The highest BCUT2D eigenvalue weighted by atomic mass is 32.1. The van der Waals surface area contributed by atoms with E-state index in [4.69, 9.17) is 5.73 Å². The molecule has 0 saturated heterocycles. The van der Waals surface area contributed by atoms with Gasteiger partial charge in [-0.3, -0.25) is 0 Å². The molecule has 1 aliphatic carbocycles. The van der Waals surface area contributed by atoms with Gasteiger partial charge in [0, 0.05) is 23.2 Å². The fraction of sp³-hybridized carbons (Fsp3) is 0.625. The highest BCUT2D eigenvalue weighted by Gasteiger charge is 2.36. The number of anilines is 1. The van der Waals surface area contributed by atoms with E-state index in [1.54, 1.807) is 11.3 Å². The molecule has 0 aromatic carbocycles. The van der Waals surface area contributed by atoms with Crippen molar-refractivity contribution < 1.29 is 0 Å². The van der Waals surface area contributed by atoms with Crippen LogP contribution < -0.4 is 11.1 Å². The van der Waals surface area contributed by atoms with Crippen molar-refractivity contribution in [2.45, 2.75) is 31.8 Å². The Morgan fingerprint density at radius 2 is 2.50 bits per heavy atom. The molecule has 3 N–H and O–H groups in total. The van der Waals surface area contributed by atoms with Gasteiger partial charge in [0.1, 0.15) is 0 Å².